The van der Waals surface area contributed by atoms with Crippen LogP contribution in [0.2, 0.25) is 0 Å². The van der Waals surface area contributed by atoms with E-state index in [0.717, 1.165) is 27.1 Å². The van der Waals surface area contributed by atoms with Gasteiger partial charge in [-0.15, -0.1) is 11.3 Å². The number of pyridine rings is 1. The number of fused-ring (bicyclic) bond motifs is 1. The van der Waals surface area contributed by atoms with Crippen LogP contribution in [0.4, 0.5) is 0 Å². The highest BCUT2D eigenvalue weighted by atomic mass is 32.1. The monoisotopic (exact) mass is 553 g/mol. The van der Waals surface area contributed by atoms with Crippen molar-refractivity contribution in [3.63, 3.8) is 0 Å². The molecule has 3 atom stereocenters. The van der Waals surface area contributed by atoms with Crippen molar-refractivity contribution in [2.45, 2.75) is 38.7 Å². The highest BCUT2D eigenvalue weighted by molar-refractivity contribution is 7.13. The summed E-state index contributed by atoms with van der Waals surface area (Å²) in [5.41, 5.74) is 5.39. The zero-order chi connectivity index (χ0) is 27.6. The number of imidazole rings is 1. The average Bonchev–Trinajstić information content (AvgIpc) is 3.72. The Morgan fingerprint density at radius 2 is 1.65 bits per heavy atom. The van der Waals surface area contributed by atoms with Crippen molar-refractivity contribution in [1.29, 1.82) is 0 Å². The van der Waals surface area contributed by atoms with Gasteiger partial charge < -0.3 is 14.2 Å². The zero-order valence-corrected chi connectivity index (χ0v) is 22.8. The number of hydrogen-bond acceptors (Lipinski definition) is 8. The molecule has 6 rings (SSSR count). The van der Waals surface area contributed by atoms with Gasteiger partial charge in [-0.3, -0.25) is 4.57 Å². The Kier molecular flexibility index (Phi) is 7.15. The van der Waals surface area contributed by atoms with Gasteiger partial charge in [0.15, 0.2) is 5.65 Å². The highest BCUT2D eigenvalue weighted by Gasteiger charge is 2.40. The molecule has 1 aliphatic heterocycles. The molecule has 0 radical (unpaired) electrons. The lowest BCUT2D eigenvalue weighted by molar-refractivity contribution is -0.0563. The molecule has 0 spiro atoms. The normalized spacial score (nSPS) is 18.6. The second kappa shape index (κ2) is 11.0. The fraction of sp³-hybridized carbons (Fsp3) is 0.226. The van der Waals surface area contributed by atoms with Gasteiger partial charge in [0, 0.05) is 23.1 Å². The van der Waals surface area contributed by atoms with Crippen molar-refractivity contribution in [1.82, 2.24) is 14.5 Å². The first-order valence-corrected chi connectivity index (χ1v) is 13.9. The molecule has 1 saturated heterocycles. The first-order valence-electron chi connectivity index (χ1n) is 13.0. The molecule has 0 N–H and O–H groups in total. The molecule has 0 saturated carbocycles. The van der Waals surface area contributed by atoms with Crippen LogP contribution < -0.4 is 0 Å². The molecular formula is C31H27N3O5S. The summed E-state index contributed by atoms with van der Waals surface area (Å²) in [4.78, 5) is 36.0. The summed E-state index contributed by atoms with van der Waals surface area (Å²) >= 11 is 1.63. The minimum atomic E-state index is -0.674. The molecule has 0 aliphatic carbocycles. The number of carbonyl (C=O) groups excluding carboxylic acids is 2. The standard InChI is InChI=1S/C31H27N3O5S/c1-19-5-9-21(10-6-19)30(35)37-17-25-24(39-31(36)22-11-7-20(2)8-12-22)16-27(38-25)34-18-33-28-23(13-14-32-29(28)34)26-4-3-15-40-26/h3-15,18,24-25,27H,16-17H2,1-2H3/t24-,25+,27+/m0/s1. The first kappa shape index (κ1) is 25.9. The van der Waals surface area contributed by atoms with Gasteiger partial charge in [0.25, 0.3) is 0 Å². The summed E-state index contributed by atoms with van der Waals surface area (Å²) in [7, 11) is 0. The van der Waals surface area contributed by atoms with E-state index in [4.69, 9.17) is 14.2 Å². The van der Waals surface area contributed by atoms with E-state index in [1.54, 1.807) is 48.1 Å². The zero-order valence-electron chi connectivity index (χ0n) is 22.0. The average molecular weight is 554 g/mol. The minimum absolute atomic E-state index is 0.0739. The van der Waals surface area contributed by atoms with Gasteiger partial charge in [0.2, 0.25) is 0 Å². The quantitative estimate of drug-likeness (QED) is 0.223. The maximum Gasteiger partial charge on any atom is 0.338 e. The second-order valence-electron chi connectivity index (χ2n) is 9.80. The number of thiophene rings is 1. The Morgan fingerprint density at radius 3 is 2.33 bits per heavy atom. The van der Waals surface area contributed by atoms with Crippen LogP contribution >= 0.6 is 11.3 Å². The number of hydrogen-bond donors (Lipinski definition) is 0. The molecule has 3 aromatic heterocycles. The molecular weight excluding hydrogens is 526 g/mol. The summed E-state index contributed by atoms with van der Waals surface area (Å²) in [5, 5.41) is 2.02. The van der Waals surface area contributed by atoms with Crippen molar-refractivity contribution in [3.8, 4) is 10.4 Å². The highest BCUT2D eigenvalue weighted by Crippen LogP contribution is 2.36. The number of ether oxygens (including phenoxy) is 3. The van der Waals surface area contributed by atoms with Crippen molar-refractivity contribution in [3.05, 3.63) is 107 Å². The molecule has 9 heteroatoms. The number of benzene rings is 2. The third-order valence-corrected chi connectivity index (χ3v) is 7.85. The smallest absolute Gasteiger partial charge is 0.338 e. The van der Waals surface area contributed by atoms with Crippen LogP contribution in [0.25, 0.3) is 21.6 Å². The number of carbonyl (C=O) groups is 2. The SMILES string of the molecule is Cc1ccc(C(=O)OC[C@H]2O[C@@H](n3cnc4c(-c5cccs5)ccnc43)C[C@@H]2OC(=O)c2ccc(C)cc2)cc1. The van der Waals surface area contributed by atoms with E-state index in [2.05, 4.69) is 9.97 Å². The van der Waals surface area contributed by atoms with E-state index >= 15 is 0 Å². The predicted molar refractivity (Wildman–Crippen MR) is 151 cm³/mol. The number of aryl methyl sites for hydroxylation is 2. The Bertz CT molecular complexity index is 1650. The van der Waals surface area contributed by atoms with Gasteiger partial charge in [-0.05, 0) is 55.6 Å². The van der Waals surface area contributed by atoms with Gasteiger partial charge in [-0.1, -0.05) is 41.5 Å². The van der Waals surface area contributed by atoms with Crippen LogP contribution in [-0.2, 0) is 14.2 Å². The van der Waals surface area contributed by atoms with Crippen LogP contribution in [0.5, 0.6) is 0 Å². The molecule has 5 aromatic rings. The predicted octanol–water partition coefficient (Wildman–Crippen LogP) is 6.15. The van der Waals surface area contributed by atoms with Crippen LogP contribution in [0.3, 0.4) is 0 Å². The summed E-state index contributed by atoms with van der Waals surface area (Å²) in [5.74, 6) is -0.927. The molecule has 1 fully saturated rings. The number of aromatic nitrogens is 3. The molecule has 8 nitrogen and oxygen atoms in total. The molecule has 202 valence electrons. The third-order valence-electron chi connectivity index (χ3n) is 6.95. The topological polar surface area (TPSA) is 92.5 Å². The number of nitrogens with zero attached hydrogens (tertiary/aromatic N) is 3. The number of rotatable bonds is 7. The lowest BCUT2D eigenvalue weighted by Crippen LogP contribution is -2.32. The Morgan fingerprint density at radius 1 is 0.950 bits per heavy atom. The molecule has 0 amide bonds. The van der Waals surface area contributed by atoms with Gasteiger partial charge in [0.05, 0.1) is 17.5 Å². The minimum Gasteiger partial charge on any atom is -0.459 e. The summed E-state index contributed by atoms with van der Waals surface area (Å²) < 4.78 is 19.7. The number of esters is 2. The van der Waals surface area contributed by atoms with Gasteiger partial charge in [-0.25, -0.2) is 19.6 Å². The molecule has 2 aromatic carbocycles. The van der Waals surface area contributed by atoms with Gasteiger partial charge >= 0.3 is 11.9 Å². The van der Waals surface area contributed by atoms with Crippen molar-refractivity contribution in [2.24, 2.45) is 0 Å². The summed E-state index contributed by atoms with van der Waals surface area (Å²) in [6, 6.07) is 20.3. The van der Waals surface area contributed by atoms with E-state index in [9.17, 15) is 9.59 Å². The van der Waals surface area contributed by atoms with Crippen molar-refractivity contribution < 1.29 is 23.8 Å². The molecule has 0 bridgehead atoms. The summed E-state index contributed by atoms with van der Waals surface area (Å²) in [6.45, 7) is 3.83. The fourth-order valence-corrected chi connectivity index (χ4v) is 5.50. The Hall–Kier alpha value is -4.34. The first-order chi connectivity index (χ1) is 19.5. The van der Waals surface area contributed by atoms with Crippen LogP contribution in [0, 0.1) is 13.8 Å². The van der Waals surface area contributed by atoms with Crippen molar-refractivity contribution >= 4 is 34.4 Å². The van der Waals surface area contributed by atoms with Crippen LogP contribution in [0.15, 0.2) is 84.6 Å². The van der Waals surface area contributed by atoms with E-state index in [1.807, 2.05) is 66.3 Å². The van der Waals surface area contributed by atoms with E-state index < -0.39 is 30.4 Å². The third kappa shape index (κ3) is 5.25. The molecule has 1 aliphatic rings. The Labute approximate surface area is 235 Å². The molecule has 0 unspecified atom stereocenters. The lowest BCUT2D eigenvalue weighted by atomic mass is 10.1. The van der Waals surface area contributed by atoms with Crippen LogP contribution in [-0.4, -0.2) is 45.3 Å². The van der Waals surface area contributed by atoms with Crippen molar-refractivity contribution in [2.75, 3.05) is 6.61 Å². The van der Waals surface area contributed by atoms with E-state index in [-0.39, 0.29) is 6.61 Å². The summed E-state index contributed by atoms with van der Waals surface area (Å²) in [6.07, 6.45) is 1.95. The van der Waals surface area contributed by atoms with Gasteiger partial charge in [0.1, 0.15) is 30.6 Å². The van der Waals surface area contributed by atoms with E-state index in [1.165, 1.54) is 0 Å². The van der Waals surface area contributed by atoms with Gasteiger partial charge in [-0.2, -0.15) is 0 Å². The maximum atomic E-state index is 13.0. The fourth-order valence-electron chi connectivity index (χ4n) is 4.75. The lowest BCUT2D eigenvalue weighted by Gasteiger charge is -2.19. The second-order valence-corrected chi connectivity index (χ2v) is 10.7. The molecule has 4 heterocycles. The molecule has 40 heavy (non-hydrogen) atoms. The van der Waals surface area contributed by atoms with Crippen LogP contribution in [0.1, 0.15) is 44.5 Å². The largest absolute Gasteiger partial charge is 0.459 e. The van der Waals surface area contributed by atoms with E-state index in [0.29, 0.717) is 23.2 Å². The Balaban J connectivity index is 1.25. The maximum absolute atomic E-state index is 13.0.